The van der Waals surface area contributed by atoms with Gasteiger partial charge in [-0.3, -0.25) is 14.2 Å². The fourth-order valence-corrected chi connectivity index (χ4v) is 7.11. The minimum Gasteiger partial charge on any atom is -0.497 e. The zero-order valence-corrected chi connectivity index (χ0v) is 27.8. The molecule has 5 aromatic rings. The van der Waals surface area contributed by atoms with Crippen LogP contribution < -0.4 is 24.9 Å². The molecule has 0 bridgehead atoms. The number of aryl methyl sites for hydroxylation is 1. The number of allylic oxidation sites excluding steroid dienone is 1. The summed E-state index contributed by atoms with van der Waals surface area (Å²) in [6.45, 7) is 7.66. The molecular weight excluding hydrogens is 612 g/mol. The largest absolute Gasteiger partial charge is 0.497 e. The second kappa shape index (κ2) is 12.7. The number of para-hydroxylation sites is 1. The maximum atomic E-state index is 14.3. The van der Waals surface area contributed by atoms with Gasteiger partial charge in [0.15, 0.2) is 4.80 Å². The highest BCUT2D eigenvalue weighted by atomic mass is 32.1. The molecule has 0 unspecified atom stereocenters. The first-order chi connectivity index (χ1) is 22.6. The molecule has 10 heteroatoms. The number of thiazole rings is 1. The molecule has 3 aromatic carbocycles. The van der Waals surface area contributed by atoms with Crippen LogP contribution in [0.5, 0.6) is 5.75 Å². The van der Waals surface area contributed by atoms with Crippen LogP contribution >= 0.6 is 11.3 Å². The molecule has 47 heavy (non-hydrogen) atoms. The van der Waals surface area contributed by atoms with E-state index in [9.17, 15) is 14.4 Å². The molecule has 0 radical (unpaired) electrons. The number of aromatic nitrogens is 2. The summed E-state index contributed by atoms with van der Waals surface area (Å²) in [7, 11) is 2.96. The molecule has 0 aliphatic carbocycles. The lowest BCUT2D eigenvalue weighted by Gasteiger charge is -2.25. The molecule has 1 atom stereocenters. The number of rotatable bonds is 7. The van der Waals surface area contributed by atoms with Crippen LogP contribution in [0.15, 0.2) is 99.9 Å². The zero-order chi connectivity index (χ0) is 33.4. The van der Waals surface area contributed by atoms with Crippen LogP contribution in [0.1, 0.15) is 51.4 Å². The number of hydrogen-bond acceptors (Lipinski definition) is 7. The van der Waals surface area contributed by atoms with Crippen LogP contribution in [0.25, 0.3) is 11.8 Å². The Labute approximate surface area is 275 Å². The quantitative estimate of drug-likeness (QED) is 0.239. The van der Waals surface area contributed by atoms with E-state index in [1.54, 1.807) is 24.7 Å². The summed E-state index contributed by atoms with van der Waals surface area (Å²) in [5.74, 6) is -0.0628. The molecule has 1 amide bonds. The van der Waals surface area contributed by atoms with Crippen molar-refractivity contribution in [3.8, 4) is 11.4 Å². The first-order valence-electron chi connectivity index (χ1n) is 15.0. The third kappa shape index (κ3) is 5.72. The van der Waals surface area contributed by atoms with Gasteiger partial charge >= 0.3 is 5.97 Å². The summed E-state index contributed by atoms with van der Waals surface area (Å²) >= 11 is 1.28. The Morgan fingerprint density at radius 3 is 2.34 bits per heavy atom. The molecule has 6 rings (SSSR count). The van der Waals surface area contributed by atoms with Gasteiger partial charge in [0.05, 0.1) is 41.6 Å². The average molecular weight is 647 g/mol. The standard InChI is InChI=1S/C37H34N4O5S/c1-21-19-26(24(4)40(21)30-14-10-13-29(22(30)2)36(44)46-6)20-31-35(43)41-33(25-15-17-28(45-5)18-16-25)32(23(3)38-37(41)47-31)34(42)39-27-11-8-7-9-12-27/h7-20,33H,1-6H3,(H,39,42)/b31-20-/t33-/m1/s1. The van der Waals surface area contributed by atoms with Gasteiger partial charge in [-0.15, -0.1) is 0 Å². The number of hydrogen-bond donors (Lipinski definition) is 1. The Kier molecular flexibility index (Phi) is 8.53. The van der Waals surface area contributed by atoms with Gasteiger partial charge in [0.25, 0.3) is 11.5 Å². The van der Waals surface area contributed by atoms with Gasteiger partial charge in [0, 0.05) is 22.8 Å². The fraction of sp³-hybridized carbons (Fsp3) is 0.189. The van der Waals surface area contributed by atoms with Crippen LogP contribution in [0.4, 0.5) is 5.69 Å². The minimum absolute atomic E-state index is 0.249. The smallest absolute Gasteiger partial charge is 0.338 e. The number of ether oxygens (including phenoxy) is 2. The van der Waals surface area contributed by atoms with E-state index in [1.807, 2.05) is 99.6 Å². The van der Waals surface area contributed by atoms with Crippen LogP contribution in [0.3, 0.4) is 0 Å². The number of carbonyl (C=O) groups excluding carboxylic acids is 2. The molecule has 0 spiro atoms. The molecule has 0 saturated heterocycles. The first kappa shape index (κ1) is 31.5. The summed E-state index contributed by atoms with van der Waals surface area (Å²) in [6.07, 6.45) is 1.87. The highest BCUT2D eigenvalue weighted by Gasteiger charge is 2.32. The van der Waals surface area contributed by atoms with E-state index in [2.05, 4.69) is 9.88 Å². The maximum Gasteiger partial charge on any atom is 0.338 e. The van der Waals surface area contributed by atoms with Gasteiger partial charge in [-0.05, 0) is 92.9 Å². The van der Waals surface area contributed by atoms with Gasteiger partial charge in [-0.1, -0.05) is 47.7 Å². The number of anilines is 1. The highest BCUT2D eigenvalue weighted by molar-refractivity contribution is 7.07. The Hall–Kier alpha value is -5.48. The van der Waals surface area contributed by atoms with E-state index in [1.165, 1.54) is 18.4 Å². The van der Waals surface area contributed by atoms with Crippen molar-refractivity contribution in [3.05, 3.63) is 143 Å². The summed E-state index contributed by atoms with van der Waals surface area (Å²) < 4.78 is 14.5. The molecule has 1 aliphatic rings. The predicted molar refractivity (Wildman–Crippen MR) is 183 cm³/mol. The van der Waals surface area contributed by atoms with Crippen molar-refractivity contribution < 1.29 is 19.1 Å². The average Bonchev–Trinajstić information content (AvgIpc) is 3.53. The van der Waals surface area contributed by atoms with Crippen LogP contribution in [-0.4, -0.2) is 35.2 Å². The van der Waals surface area contributed by atoms with Gasteiger partial charge in [0.2, 0.25) is 0 Å². The van der Waals surface area contributed by atoms with E-state index in [4.69, 9.17) is 14.5 Å². The Morgan fingerprint density at radius 2 is 1.66 bits per heavy atom. The molecule has 0 saturated carbocycles. The third-order valence-corrected chi connectivity index (χ3v) is 9.42. The Balaban J connectivity index is 1.48. The SMILES string of the molecule is COC(=O)c1cccc(-n2c(C)cc(/C=c3\sc4n(c3=O)[C@H](c3ccc(OC)cc3)C(C(=O)Nc3ccccc3)=C(C)N=4)c2C)c1C. The topological polar surface area (TPSA) is 104 Å². The van der Waals surface area contributed by atoms with Gasteiger partial charge in [-0.25, -0.2) is 9.79 Å². The van der Waals surface area contributed by atoms with Gasteiger partial charge in [-0.2, -0.15) is 0 Å². The molecular formula is C37H34N4O5S. The van der Waals surface area contributed by atoms with Crippen molar-refractivity contribution in [1.82, 2.24) is 9.13 Å². The van der Waals surface area contributed by atoms with Crippen molar-refractivity contribution in [1.29, 1.82) is 0 Å². The minimum atomic E-state index is -0.709. The number of benzene rings is 3. The highest BCUT2D eigenvalue weighted by Crippen LogP contribution is 2.32. The molecule has 2 aromatic heterocycles. The lowest BCUT2D eigenvalue weighted by molar-refractivity contribution is -0.113. The van der Waals surface area contributed by atoms with E-state index >= 15 is 0 Å². The zero-order valence-electron chi connectivity index (χ0n) is 27.0. The molecule has 1 aliphatic heterocycles. The van der Waals surface area contributed by atoms with Crippen molar-refractivity contribution in [2.45, 2.75) is 33.7 Å². The van der Waals surface area contributed by atoms with Crippen LogP contribution in [0.2, 0.25) is 0 Å². The predicted octanol–water partition coefficient (Wildman–Crippen LogP) is 5.39. The summed E-state index contributed by atoms with van der Waals surface area (Å²) in [5, 5.41) is 2.98. The molecule has 1 N–H and O–H groups in total. The number of methoxy groups -OCH3 is 2. The number of carbonyl (C=O) groups is 2. The molecule has 0 fully saturated rings. The van der Waals surface area contributed by atoms with Gasteiger partial charge in [0.1, 0.15) is 5.75 Å². The van der Waals surface area contributed by atoms with Crippen molar-refractivity contribution >= 4 is 35.0 Å². The van der Waals surface area contributed by atoms with Gasteiger partial charge < -0.3 is 19.4 Å². The van der Waals surface area contributed by atoms with Crippen LogP contribution in [0, 0.1) is 20.8 Å². The van der Waals surface area contributed by atoms with E-state index in [0.29, 0.717) is 37.6 Å². The second-order valence-corrected chi connectivity index (χ2v) is 12.3. The molecule has 9 nitrogen and oxygen atoms in total. The second-order valence-electron chi connectivity index (χ2n) is 11.3. The lowest BCUT2D eigenvalue weighted by atomic mass is 9.95. The first-order valence-corrected chi connectivity index (χ1v) is 15.8. The van der Waals surface area contributed by atoms with Crippen molar-refractivity contribution in [2.75, 3.05) is 19.5 Å². The molecule has 3 heterocycles. The normalized spacial score (nSPS) is 14.4. The lowest BCUT2D eigenvalue weighted by Crippen LogP contribution is -2.40. The number of fused-ring (bicyclic) bond motifs is 1. The maximum absolute atomic E-state index is 14.3. The molecule has 238 valence electrons. The fourth-order valence-electron chi connectivity index (χ4n) is 6.08. The third-order valence-electron chi connectivity index (χ3n) is 8.44. The summed E-state index contributed by atoms with van der Waals surface area (Å²) in [4.78, 5) is 45.8. The number of amides is 1. The van der Waals surface area contributed by atoms with E-state index in [0.717, 1.165) is 33.8 Å². The Morgan fingerprint density at radius 1 is 0.936 bits per heavy atom. The van der Waals surface area contributed by atoms with Crippen LogP contribution in [-0.2, 0) is 9.53 Å². The number of esters is 1. The summed E-state index contributed by atoms with van der Waals surface area (Å²) in [5.41, 5.74) is 6.92. The monoisotopic (exact) mass is 646 g/mol. The number of nitrogens with zero attached hydrogens (tertiary/aromatic N) is 3. The van der Waals surface area contributed by atoms with Crippen molar-refractivity contribution in [3.63, 3.8) is 0 Å². The van der Waals surface area contributed by atoms with E-state index in [-0.39, 0.29) is 11.5 Å². The van der Waals surface area contributed by atoms with E-state index < -0.39 is 12.0 Å². The summed E-state index contributed by atoms with van der Waals surface area (Å²) in [6, 6.07) is 23.4. The van der Waals surface area contributed by atoms with Crippen molar-refractivity contribution in [2.24, 2.45) is 4.99 Å². The Bertz CT molecular complexity index is 2240. The number of nitrogens with one attached hydrogen (secondary N) is 1.